The number of likely N-dealkylation sites (tertiary alicyclic amines) is 1. The van der Waals surface area contributed by atoms with Gasteiger partial charge >= 0.3 is 17.9 Å². The third kappa shape index (κ3) is 14.6. The molecule has 2 rings (SSSR count). The molecule has 1 fully saturated rings. The number of amides is 6. The first-order valence-corrected chi connectivity index (χ1v) is 17.4. The maximum atomic E-state index is 13.8. The number of nitrogens with one attached hydrogen (secondary N) is 5. The zero-order valence-electron chi connectivity index (χ0n) is 30.3. The number of carbonyl (C=O) groups excluding carboxylic acids is 6. The molecule has 1 aromatic carbocycles. The van der Waals surface area contributed by atoms with Crippen molar-refractivity contribution in [3.05, 3.63) is 35.9 Å². The van der Waals surface area contributed by atoms with E-state index in [0.29, 0.717) is 12.0 Å². The van der Waals surface area contributed by atoms with Gasteiger partial charge in [-0.2, -0.15) is 0 Å². The highest BCUT2D eigenvalue weighted by molar-refractivity contribution is 5.98. The van der Waals surface area contributed by atoms with Gasteiger partial charge in [0.15, 0.2) is 0 Å². The quantitative estimate of drug-likeness (QED) is 0.0535. The van der Waals surface area contributed by atoms with Gasteiger partial charge in [-0.25, -0.2) is 4.79 Å². The van der Waals surface area contributed by atoms with Gasteiger partial charge in [-0.15, -0.1) is 0 Å². The zero-order valence-corrected chi connectivity index (χ0v) is 30.3. The van der Waals surface area contributed by atoms with Gasteiger partial charge in [0, 0.05) is 13.0 Å². The molecule has 0 aliphatic carbocycles. The van der Waals surface area contributed by atoms with Gasteiger partial charge < -0.3 is 62.8 Å². The SMILES string of the molecule is CC(C)C[C@H](NC(=O)[C@@H](N)CC(=O)O)C(=O)N1CCC[C@H]1C(=O)N[C@@H](Cc1ccccc1)C(=O)N[C@@H](CO)C(=O)N[C@@H](CC(=O)O)C(=O)N[C@@H](CO)C(=O)O. The molecule has 55 heavy (non-hydrogen) atoms. The maximum absolute atomic E-state index is 13.8. The Labute approximate surface area is 315 Å². The summed E-state index contributed by atoms with van der Waals surface area (Å²) in [6, 6.07) is -2.33. The number of carboxylic acid groups (broad SMARTS) is 3. The minimum atomic E-state index is -1.90. The monoisotopic (exact) mass is 779 g/mol. The van der Waals surface area contributed by atoms with Gasteiger partial charge in [-0.3, -0.25) is 38.4 Å². The lowest BCUT2D eigenvalue weighted by molar-refractivity contribution is -0.144. The molecule has 304 valence electrons. The number of hydrogen-bond acceptors (Lipinski definition) is 12. The first-order chi connectivity index (χ1) is 25.9. The molecule has 0 bridgehead atoms. The Morgan fingerprint density at radius 3 is 1.78 bits per heavy atom. The second kappa shape index (κ2) is 21.9. The molecular weight excluding hydrogens is 730 g/mol. The Morgan fingerprint density at radius 1 is 0.709 bits per heavy atom. The topological polar surface area (TPSA) is 344 Å². The highest BCUT2D eigenvalue weighted by Gasteiger charge is 2.40. The van der Waals surface area contributed by atoms with Crippen molar-refractivity contribution >= 4 is 53.4 Å². The fourth-order valence-electron chi connectivity index (χ4n) is 5.66. The van der Waals surface area contributed by atoms with E-state index in [4.69, 9.17) is 15.9 Å². The Bertz CT molecular complexity index is 1560. The number of benzene rings is 1. The van der Waals surface area contributed by atoms with Gasteiger partial charge in [-0.05, 0) is 30.7 Å². The number of nitrogens with zero attached hydrogens (tertiary/aromatic N) is 1. The molecule has 0 radical (unpaired) electrons. The van der Waals surface area contributed by atoms with Crippen LogP contribution < -0.4 is 32.3 Å². The summed E-state index contributed by atoms with van der Waals surface area (Å²) >= 11 is 0. The van der Waals surface area contributed by atoms with E-state index < -0.39 is 122 Å². The molecule has 1 heterocycles. The number of hydrogen-bond donors (Lipinski definition) is 11. The number of aliphatic carboxylic acids is 3. The summed E-state index contributed by atoms with van der Waals surface area (Å²) in [6.07, 6.45) is -1.18. The van der Waals surface area contributed by atoms with E-state index in [9.17, 15) is 58.5 Å². The smallest absolute Gasteiger partial charge is 0.328 e. The minimum Gasteiger partial charge on any atom is -0.481 e. The van der Waals surface area contributed by atoms with E-state index >= 15 is 0 Å². The molecule has 6 amide bonds. The van der Waals surface area contributed by atoms with Crippen molar-refractivity contribution in [1.29, 1.82) is 0 Å². The van der Waals surface area contributed by atoms with Gasteiger partial charge in [0.1, 0.15) is 36.3 Å². The van der Waals surface area contributed by atoms with E-state index in [1.54, 1.807) is 44.2 Å². The molecule has 1 aliphatic rings. The van der Waals surface area contributed by atoms with Crippen molar-refractivity contribution in [3.63, 3.8) is 0 Å². The van der Waals surface area contributed by atoms with Crippen LogP contribution in [0.5, 0.6) is 0 Å². The number of carbonyl (C=O) groups is 9. The second-order valence-corrected chi connectivity index (χ2v) is 13.3. The predicted molar refractivity (Wildman–Crippen MR) is 188 cm³/mol. The average Bonchev–Trinajstić information content (AvgIpc) is 3.61. The molecular formula is C34H49N7O14. The van der Waals surface area contributed by atoms with Crippen molar-refractivity contribution in [2.45, 2.75) is 94.7 Å². The molecule has 1 aliphatic heterocycles. The van der Waals surface area contributed by atoms with Crippen molar-refractivity contribution in [3.8, 4) is 0 Å². The molecule has 0 spiro atoms. The molecule has 12 N–H and O–H groups in total. The third-order valence-electron chi connectivity index (χ3n) is 8.43. The van der Waals surface area contributed by atoms with E-state index in [0.717, 1.165) is 0 Å². The first kappa shape index (κ1) is 45.5. The van der Waals surface area contributed by atoms with E-state index in [2.05, 4.69) is 16.0 Å². The fraction of sp³-hybridized carbons (Fsp3) is 0.559. The minimum absolute atomic E-state index is 0.113. The van der Waals surface area contributed by atoms with Gasteiger partial charge in [0.25, 0.3) is 0 Å². The highest BCUT2D eigenvalue weighted by atomic mass is 16.4. The molecule has 0 aromatic heterocycles. The van der Waals surface area contributed by atoms with Crippen LogP contribution in [0.15, 0.2) is 30.3 Å². The predicted octanol–water partition coefficient (Wildman–Crippen LogP) is -3.96. The first-order valence-electron chi connectivity index (χ1n) is 17.4. The lowest BCUT2D eigenvalue weighted by Gasteiger charge is -2.31. The molecule has 1 aromatic rings. The fourth-order valence-corrected chi connectivity index (χ4v) is 5.66. The summed E-state index contributed by atoms with van der Waals surface area (Å²) in [5.74, 6) is -10.4. The van der Waals surface area contributed by atoms with Crippen LogP contribution in [-0.2, 0) is 49.6 Å². The van der Waals surface area contributed by atoms with Crippen LogP contribution in [0.3, 0.4) is 0 Å². The molecule has 21 heteroatoms. The number of carboxylic acids is 3. The van der Waals surface area contributed by atoms with Crippen LogP contribution in [0.2, 0.25) is 0 Å². The average molecular weight is 780 g/mol. The summed E-state index contributed by atoms with van der Waals surface area (Å²) < 4.78 is 0. The highest BCUT2D eigenvalue weighted by Crippen LogP contribution is 2.21. The molecule has 21 nitrogen and oxygen atoms in total. The summed E-state index contributed by atoms with van der Waals surface area (Å²) in [6.45, 7) is 1.57. The van der Waals surface area contributed by atoms with Gasteiger partial charge in [0.05, 0.1) is 32.1 Å². The van der Waals surface area contributed by atoms with Crippen molar-refractivity contribution in [1.82, 2.24) is 31.5 Å². The van der Waals surface area contributed by atoms with Crippen LogP contribution >= 0.6 is 0 Å². The summed E-state index contributed by atoms with van der Waals surface area (Å²) in [4.78, 5) is 115. The number of aliphatic hydroxyl groups is 2. The number of aliphatic hydroxyl groups excluding tert-OH is 2. The Morgan fingerprint density at radius 2 is 1.24 bits per heavy atom. The van der Waals surface area contributed by atoms with Crippen LogP contribution in [0.25, 0.3) is 0 Å². The standard InChI is InChI=1S/C34H49N7O14/c1-17(2)11-22(38-28(48)19(35)13-26(44)45)33(53)41-10-6-9-25(41)32(52)37-20(12-18-7-4-3-5-8-18)29(49)39-23(15-42)31(51)36-21(14-27(46)47)30(50)40-24(16-43)34(54)55/h3-5,7-8,17,19-25,42-43H,6,9-16,35H2,1-2H3,(H,36,51)(H,37,52)(H,38,48)(H,39,49)(H,40,50)(H,44,45)(H,46,47)(H,54,55)/t19-,20-,21-,22-,23-,24-,25-/m0/s1. The largest absolute Gasteiger partial charge is 0.481 e. The Hall–Kier alpha value is -5.67. The van der Waals surface area contributed by atoms with Crippen molar-refractivity contribution < 1.29 is 68.7 Å². The Kier molecular flexibility index (Phi) is 18.1. The summed E-state index contributed by atoms with van der Waals surface area (Å²) in [5, 5.41) is 57.9. The molecule has 1 saturated heterocycles. The Balaban J connectivity index is 2.30. The molecule has 0 saturated carbocycles. The van der Waals surface area contributed by atoms with E-state index in [1.807, 2.05) is 10.6 Å². The third-order valence-corrected chi connectivity index (χ3v) is 8.43. The number of nitrogens with two attached hydrogens (primary N) is 1. The van der Waals surface area contributed by atoms with Crippen LogP contribution in [0.4, 0.5) is 0 Å². The van der Waals surface area contributed by atoms with E-state index in [1.165, 1.54) is 4.90 Å². The summed E-state index contributed by atoms with van der Waals surface area (Å²) in [5.41, 5.74) is 6.25. The summed E-state index contributed by atoms with van der Waals surface area (Å²) in [7, 11) is 0. The van der Waals surface area contributed by atoms with Gasteiger partial charge in [-0.1, -0.05) is 44.2 Å². The van der Waals surface area contributed by atoms with Crippen LogP contribution in [-0.4, -0.2) is 146 Å². The number of rotatable bonds is 22. The van der Waals surface area contributed by atoms with E-state index in [-0.39, 0.29) is 31.7 Å². The second-order valence-electron chi connectivity index (χ2n) is 13.3. The van der Waals surface area contributed by atoms with Crippen molar-refractivity contribution in [2.75, 3.05) is 19.8 Å². The molecule has 0 unspecified atom stereocenters. The normalized spacial score (nSPS) is 17.1. The van der Waals surface area contributed by atoms with Crippen LogP contribution in [0.1, 0.15) is 51.5 Å². The van der Waals surface area contributed by atoms with Crippen LogP contribution in [0, 0.1) is 5.92 Å². The lowest BCUT2D eigenvalue weighted by atomic mass is 10.0. The maximum Gasteiger partial charge on any atom is 0.328 e. The van der Waals surface area contributed by atoms with Gasteiger partial charge in [0.2, 0.25) is 35.4 Å². The zero-order chi connectivity index (χ0) is 41.4. The van der Waals surface area contributed by atoms with Crippen molar-refractivity contribution in [2.24, 2.45) is 11.7 Å². The molecule has 7 atom stereocenters. The lowest BCUT2D eigenvalue weighted by Crippen LogP contribution is -2.60.